The molecule has 1 aliphatic heterocycles. The maximum atomic E-state index is 12.5. The number of anilines is 1. The Morgan fingerprint density at radius 1 is 1.04 bits per heavy atom. The van der Waals surface area contributed by atoms with Crippen molar-refractivity contribution < 1.29 is 18.7 Å². The Morgan fingerprint density at radius 3 is 2.81 bits per heavy atom. The predicted octanol–water partition coefficient (Wildman–Crippen LogP) is 4.15. The molecule has 1 amide bonds. The molecule has 1 N–H and O–H groups in total. The van der Waals surface area contributed by atoms with Crippen LogP contribution < -0.4 is 5.32 Å². The molecular weight excluding hydrogens is 344 g/mol. The van der Waals surface area contributed by atoms with Crippen molar-refractivity contribution in [1.82, 2.24) is 4.57 Å². The molecule has 6 nitrogen and oxygen atoms in total. The lowest BCUT2D eigenvalue weighted by molar-refractivity contribution is 0.0476. The van der Waals surface area contributed by atoms with Gasteiger partial charge in [0.15, 0.2) is 5.76 Å². The van der Waals surface area contributed by atoms with E-state index >= 15 is 0 Å². The standard InChI is InChI=1S/C21H14N2O4/c24-20(19-10-13-4-1-2-6-18(13)27-19)22-14-7-8-17-16(11-14)21(25)26-12-15-5-3-9-23(15)17/h1-11H,12H2,(H,22,24). The Balaban J connectivity index is 1.48. The van der Waals surface area contributed by atoms with E-state index in [0.717, 1.165) is 16.8 Å². The van der Waals surface area contributed by atoms with E-state index in [2.05, 4.69) is 5.32 Å². The molecule has 2 aromatic heterocycles. The highest BCUT2D eigenvalue weighted by Crippen LogP contribution is 2.27. The Hall–Kier alpha value is -3.80. The van der Waals surface area contributed by atoms with Gasteiger partial charge < -0.3 is 19.0 Å². The number of aromatic nitrogens is 1. The number of ether oxygens (including phenoxy) is 1. The summed E-state index contributed by atoms with van der Waals surface area (Å²) in [5.74, 6) is -0.593. The maximum absolute atomic E-state index is 12.5. The largest absolute Gasteiger partial charge is 0.456 e. The topological polar surface area (TPSA) is 73.5 Å². The molecule has 27 heavy (non-hydrogen) atoms. The van der Waals surface area contributed by atoms with E-state index in [9.17, 15) is 9.59 Å². The Kier molecular flexibility index (Phi) is 3.36. The molecule has 0 saturated carbocycles. The first-order valence-electron chi connectivity index (χ1n) is 8.47. The molecule has 0 saturated heterocycles. The molecule has 0 aliphatic carbocycles. The van der Waals surface area contributed by atoms with Crippen LogP contribution in [0.3, 0.4) is 0 Å². The molecule has 0 bridgehead atoms. The fourth-order valence-electron chi connectivity index (χ4n) is 3.26. The fraction of sp³-hybridized carbons (Fsp3) is 0.0476. The lowest BCUT2D eigenvalue weighted by Crippen LogP contribution is -2.12. The maximum Gasteiger partial charge on any atom is 0.340 e. The van der Waals surface area contributed by atoms with Crippen LogP contribution in [0.25, 0.3) is 16.7 Å². The number of carbonyl (C=O) groups is 2. The summed E-state index contributed by atoms with van der Waals surface area (Å²) in [6.07, 6.45) is 1.88. The van der Waals surface area contributed by atoms with Crippen molar-refractivity contribution in [2.24, 2.45) is 0 Å². The molecule has 2 aromatic carbocycles. The van der Waals surface area contributed by atoms with Crippen LogP contribution in [-0.4, -0.2) is 16.4 Å². The van der Waals surface area contributed by atoms with Crippen LogP contribution in [0.2, 0.25) is 0 Å². The molecule has 6 heteroatoms. The summed E-state index contributed by atoms with van der Waals surface area (Å²) in [5.41, 5.74) is 3.15. The van der Waals surface area contributed by atoms with Crippen molar-refractivity contribution in [2.75, 3.05) is 5.32 Å². The van der Waals surface area contributed by atoms with Crippen molar-refractivity contribution in [3.05, 3.63) is 83.9 Å². The van der Waals surface area contributed by atoms with Gasteiger partial charge >= 0.3 is 5.97 Å². The summed E-state index contributed by atoms with van der Waals surface area (Å²) < 4.78 is 12.8. The molecule has 0 radical (unpaired) electrons. The smallest absolute Gasteiger partial charge is 0.340 e. The second-order valence-corrected chi connectivity index (χ2v) is 6.28. The molecule has 5 rings (SSSR count). The van der Waals surface area contributed by atoms with Gasteiger partial charge in [-0.1, -0.05) is 18.2 Å². The van der Waals surface area contributed by atoms with Crippen molar-refractivity contribution >= 4 is 28.5 Å². The molecule has 3 heterocycles. The Labute approximate surface area is 154 Å². The number of hydrogen-bond donors (Lipinski definition) is 1. The summed E-state index contributed by atoms with van der Waals surface area (Å²) in [7, 11) is 0. The number of para-hydroxylation sites is 1. The van der Waals surface area contributed by atoms with Crippen molar-refractivity contribution in [1.29, 1.82) is 0 Å². The number of benzene rings is 2. The molecule has 1 aliphatic rings. The molecule has 4 aromatic rings. The molecule has 0 unspecified atom stereocenters. The van der Waals surface area contributed by atoms with Gasteiger partial charge in [-0.15, -0.1) is 0 Å². The van der Waals surface area contributed by atoms with Crippen molar-refractivity contribution in [3.8, 4) is 5.69 Å². The first-order chi connectivity index (χ1) is 13.2. The Bertz CT molecular complexity index is 1170. The third-order valence-corrected chi connectivity index (χ3v) is 4.57. The number of fused-ring (bicyclic) bond motifs is 4. The van der Waals surface area contributed by atoms with Crippen LogP contribution in [0, 0.1) is 0 Å². The number of hydrogen-bond acceptors (Lipinski definition) is 4. The average Bonchev–Trinajstić information content (AvgIpc) is 3.30. The number of furan rings is 1. The van der Waals surface area contributed by atoms with Gasteiger partial charge in [0.2, 0.25) is 0 Å². The second kappa shape index (κ2) is 5.88. The van der Waals surface area contributed by atoms with Crippen molar-refractivity contribution in [2.45, 2.75) is 6.61 Å². The number of carbonyl (C=O) groups excluding carboxylic acids is 2. The quantitative estimate of drug-likeness (QED) is 0.547. The first-order valence-corrected chi connectivity index (χ1v) is 8.47. The van der Waals surface area contributed by atoms with E-state index in [1.807, 2.05) is 41.1 Å². The van der Waals surface area contributed by atoms with Gasteiger partial charge in [-0.2, -0.15) is 0 Å². The van der Waals surface area contributed by atoms with E-state index in [1.54, 1.807) is 30.3 Å². The molecule has 0 atom stereocenters. The average molecular weight is 358 g/mol. The van der Waals surface area contributed by atoms with Gasteiger partial charge in [0.25, 0.3) is 5.91 Å². The van der Waals surface area contributed by atoms with E-state index in [-0.39, 0.29) is 18.3 Å². The van der Waals surface area contributed by atoms with E-state index in [0.29, 0.717) is 16.8 Å². The minimum absolute atomic E-state index is 0.210. The zero-order valence-corrected chi connectivity index (χ0v) is 14.1. The summed E-state index contributed by atoms with van der Waals surface area (Å²) in [6.45, 7) is 0.210. The zero-order valence-electron chi connectivity index (χ0n) is 14.1. The van der Waals surface area contributed by atoms with E-state index < -0.39 is 5.97 Å². The van der Waals surface area contributed by atoms with Crippen LogP contribution in [-0.2, 0) is 11.3 Å². The summed E-state index contributed by atoms with van der Waals surface area (Å²) >= 11 is 0. The van der Waals surface area contributed by atoms with Crippen molar-refractivity contribution in [3.63, 3.8) is 0 Å². The number of esters is 1. The normalized spacial score (nSPS) is 12.8. The molecule has 0 fully saturated rings. The Morgan fingerprint density at radius 2 is 1.93 bits per heavy atom. The number of nitrogens with zero attached hydrogens (tertiary/aromatic N) is 1. The fourth-order valence-corrected chi connectivity index (χ4v) is 3.26. The van der Waals surface area contributed by atoms with Gasteiger partial charge in [-0.3, -0.25) is 4.79 Å². The third-order valence-electron chi connectivity index (χ3n) is 4.57. The van der Waals surface area contributed by atoms with Crippen LogP contribution in [0.1, 0.15) is 26.6 Å². The number of nitrogens with one attached hydrogen (secondary N) is 1. The summed E-state index contributed by atoms with van der Waals surface area (Å²) in [5, 5.41) is 3.63. The van der Waals surface area contributed by atoms with Crippen LogP contribution >= 0.6 is 0 Å². The first kappa shape index (κ1) is 15.5. The van der Waals surface area contributed by atoms with Crippen LogP contribution in [0.5, 0.6) is 0 Å². The van der Waals surface area contributed by atoms with Gasteiger partial charge in [0.05, 0.1) is 16.9 Å². The van der Waals surface area contributed by atoms with Gasteiger partial charge in [0, 0.05) is 17.3 Å². The third kappa shape index (κ3) is 2.58. The minimum atomic E-state index is -0.423. The zero-order chi connectivity index (χ0) is 18.4. The molecule has 0 spiro atoms. The van der Waals surface area contributed by atoms with E-state index in [4.69, 9.17) is 9.15 Å². The molecule has 132 valence electrons. The van der Waals surface area contributed by atoms with E-state index in [1.165, 1.54) is 0 Å². The van der Waals surface area contributed by atoms with Crippen LogP contribution in [0.15, 0.2) is 71.3 Å². The minimum Gasteiger partial charge on any atom is -0.456 e. The van der Waals surface area contributed by atoms with Gasteiger partial charge in [-0.05, 0) is 42.5 Å². The lowest BCUT2D eigenvalue weighted by atomic mass is 10.1. The number of rotatable bonds is 2. The highest BCUT2D eigenvalue weighted by atomic mass is 16.5. The highest BCUT2D eigenvalue weighted by molar-refractivity contribution is 6.05. The van der Waals surface area contributed by atoms with Gasteiger partial charge in [-0.25, -0.2) is 4.79 Å². The highest BCUT2D eigenvalue weighted by Gasteiger charge is 2.22. The predicted molar refractivity (Wildman–Crippen MR) is 99.1 cm³/mol. The van der Waals surface area contributed by atoms with Gasteiger partial charge in [0.1, 0.15) is 12.2 Å². The summed E-state index contributed by atoms with van der Waals surface area (Å²) in [6, 6.07) is 18.1. The molecular formula is C21H14N2O4. The lowest BCUT2D eigenvalue weighted by Gasteiger charge is -2.10. The monoisotopic (exact) mass is 358 g/mol. The summed E-state index contributed by atoms with van der Waals surface area (Å²) in [4.78, 5) is 24.9. The number of cyclic esters (lactones) is 1. The van der Waals surface area contributed by atoms with Crippen LogP contribution in [0.4, 0.5) is 5.69 Å². The number of amides is 1. The SMILES string of the molecule is O=C(Nc1ccc2c(c1)C(=O)OCc1cccn1-2)c1cc2ccccc2o1. The second-order valence-electron chi connectivity index (χ2n) is 6.28.